The van der Waals surface area contributed by atoms with Crippen LogP contribution in [-0.4, -0.2) is 21.8 Å². The summed E-state index contributed by atoms with van der Waals surface area (Å²) < 4.78 is 7.49. The second-order valence-electron chi connectivity index (χ2n) is 18.4. The topological polar surface area (TPSA) is 14.8 Å². The summed E-state index contributed by atoms with van der Waals surface area (Å²) in [6.45, 7) is 0. The lowest BCUT2D eigenvalue weighted by atomic mass is 10.1. The van der Waals surface area contributed by atoms with Gasteiger partial charge in [-0.25, -0.2) is 0 Å². The van der Waals surface area contributed by atoms with Crippen LogP contribution in [0, 0.1) is 0 Å². The third-order valence-corrected chi connectivity index (χ3v) is 19.6. The lowest BCUT2D eigenvalue weighted by Gasteiger charge is -2.35. The lowest BCUT2D eigenvalue weighted by Crippen LogP contribution is -2.74. The van der Waals surface area contributed by atoms with E-state index in [1.807, 2.05) is 0 Å². The third-order valence-electron chi connectivity index (χ3n) is 14.8. The number of hydrogen-bond acceptors (Lipinski definition) is 0. The highest BCUT2D eigenvalue weighted by Gasteiger charge is 2.43. The molecule has 0 aliphatic heterocycles. The summed E-state index contributed by atoms with van der Waals surface area (Å²) in [5, 5.41) is 12.9. The molecule has 0 unspecified atom stereocenters. The molecule has 0 saturated carbocycles. The molecule has 0 amide bonds. The van der Waals surface area contributed by atoms with Crippen LogP contribution in [-0.2, 0) is 0 Å². The van der Waals surface area contributed by atoms with Crippen molar-refractivity contribution in [2.45, 2.75) is 0 Å². The van der Waals surface area contributed by atoms with Gasteiger partial charge in [0, 0.05) is 43.7 Å². The largest absolute Gasteiger partial charge is 0.309 e. The van der Waals surface area contributed by atoms with Gasteiger partial charge in [0.15, 0.2) is 8.07 Å². The fraction of sp³-hybridized carbons (Fsp3) is 0. The van der Waals surface area contributed by atoms with E-state index < -0.39 is 8.07 Å². The Balaban J connectivity index is 1.09. The van der Waals surface area contributed by atoms with Crippen molar-refractivity contribution in [1.29, 1.82) is 0 Å². The molecule has 3 aromatic heterocycles. The second kappa shape index (κ2) is 16.1. The van der Waals surface area contributed by atoms with Crippen LogP contribution in [0.4, 0.5) is 0 Å². The SMILES string of the molecule is c1ccc(-c2ccc(-n3c4ccc(-n5c6ccccc6c6ccccc65)cc4c4cccc(-n5c6ccccc6c6c([Si](c7ccccc7)(c7ccccc7)c7ccccc7)cccc65)c43)cc2)cc1. The molecule has 4 heteroatoms. The Morgan fingerprint density at radius 1 is 0.257 bits per heavy atom. The molecular formula is C66H45N3Si. The zero-order chi connectivity index (χ0) is 46.2. The smallest absolute Gasteiger partial charge is 0.180 e. The molecule has 0 aliphatic carbocycles. The van der Waals surface area contributed by atoms with Gasteiger partial charge in [-0.15, -0.1) is 0 Å². The average Bonchev–Trinajstić information content (AvgIpc) is 4.09. The predicted octanol–water partition coefficient (Wildman–Crippen LogP) is 14.0. The minimum absolute atomic E-state index is 1.11. The van der Waals surface area contributed by atoms with Gasteiger partial charge in [-0.3, -0.25) is 0 Å². The molecule has 0 bridgehead atoms. The maximum Gasteiger partial charge on any atom is 0.180 e. The van der Waals surface area contributed by atoms with Gasteiger partial charge >= 0.3 is 0 Å². The monoisotopic (exact) mass is 907 g/mol. The molecule has 0 fully saturated rings. The molecule has 0 saturated heterocycles. The summed E-state index contributed by atoms with van der Waals surface area (Å²) in [5.41, 5.74) is 12.9. The first-order valence-corrected chi connectivity index (χ1v) is 26.2. The van der Waals surface area contributed by atoms with Crippen molar-refractivity contribution in [3.05, 3.63) is 273 Å². The van der Waals surface area contributed by atoms with Gasteiger partial charge in [-0.2, -0.15) is 0 Å². The Labute approximate surface area is 407 Å². The fourth-order valence-corrected chi connectivity index (χ4v) is 16.9. The van der Waals surface area contributed by atoms with Crippen molar-refractivity contribution in [3.63, 3.8) is 0 Å². The highest BCUT2D eigenvalue weighted by atomic mass is 28.3. The summed E-state index contributed by atoms with van der Waals surface area (Å²) in [5.74, 6) is 0. The minimum Gasteiger partial charge on any atom is -0.309 e. The Kier molecular flexibility index (Phi) is 9.23. The standard InChI is InChI=1S/C66H45N3Si/c1-5-21-46(22-6-1)47-39-41-48(42-40-47)68-61-44-43-49(67-58-33-16-13-29-53(58)54-30-14-17-34-59(54)67)45-57(61)55-32-19-37-63(66(55)68)69-60-35-18-15-31-56(60)65-62(69)36-20-38-64(65)70(50-23-7-2-8-24-50,51-25-9-3-10-26-51)52-27-11-4-12-28-52/h1-45H. The molecule has 0 spiro atoms. The number of rotatable bonds is 8. The van der Waals surface area contributed by atoms with Gasteiger partial charge in [0.1, 0.15) is 0 Å². The van der Waals surface area contributed by atoms with E-state index >= 15 is 0 Å². The maximum atomic E-state index is 2.55. The molecule has 0 atom stereocenters. The van der Waals surface area contributed by atoms with Gasteiger partial charge < -0.3 is 13.7 Å². The van der Waals surface area contributed by atoms with Gasteiger partial charge in [-0.1, -0.05) is 212 Å². The van der Waals surface area contributed by atoms with Crippen LogP contribution >= 0.6 is 0 Å². The Morgan fingerprint density at radius 2 is 0.700 bits per heavy atom. The number of aromatic nitrogens is 3. The van der Waals surface area contributed by atoms with Gasteiger partial charge in [-0.05, 0) is 92.5 Å². The quantitative estimate of drug-likeness (QED) is 0.107. The van der Waals surface area contributed by atoms with Crippen LogP contribution in [0.1, 0.15) is 0 Å². The number of hydrogen-bond donors (Lipinski definition) is 0. The van der Waals surface area contributed by atoms with Crippen molar-refractivity contribution in [1.82, 2.24) is 13.7 Å². The first-order chi connectivity index (χ1) is 34.8. The third kappa shape index (κ3) is 5.94. The number of para-hydroxylation sites is 4. The van der Waals surface area contributed by atoms with Crippen LogP contribution in [0.5, 0.6) is 0 Å². The lowest BCUT2D eigenvalue weighted by molar-refractivity contribution is 1.13. The van der Waals surface area contributed by atoms with Gasteiger partial charge in [0.25, 0.3) is 0 Å². The molecule has 70 heavy (non-hydrogen) atoms. The predicted molar refractivity (Wildman–Crippen MR) is 299 cm³/mol. The molecule has 0 radical (unpaired) electrons. The van der Waals surface area contributed by atoms with E-state index in [1.54, 1.807) is 0 Å². The molecule has 14 rings (SSSR count). The Hall–Kier alpha value is -8.96. The molecule has 3 nitrogen and oxygen atoms in total. The van der Waals surface area contributed by atoms with E-state index in [4.69, 9.17) is 0 Å². The highest BCUT2D eigenvalue weighted by Crippen LogP contribution is 2.42. The van der Waals surface area contributed by atoms with E-state index in [2.05, 4.69) is 287 Å². The van der Waals surface area contributed by atoms with Gasteiger partial charge in [0.2, 0.25) is 0 Å². The fourth-order valence-electron chi connectivity index (χ4n) is 11.9. The highest BCUT2D eigenvalue weighted by molar-refractivity contribution is 7.20. The number of benzene rings is 11. The normalized spacial score (nSPS) is 12.0. The van der Waals surface area contributed by atoms with Crippen molar-refractivity contribution in [3.8, 4) is 28.2 Å². The second-order valence-corrected chi connectivity index (χ2v) is 22.2. The average molecular weight is 908 g/mol. The number of fused-ring (bicyclic) bond motifs is 9. The van der Waals surface area contributed by atoms with Crippen molar-refractivity contribution in [2.75, 3.05) is 0 Å². The summed E-state index contributed by atoms with van der Waals surface area (Å²) in [4.78, 5) is 0. The zero-order valence-electron chi connectivity index (χ0n) is 38.3. The van der Waals surface area contributed by atoms with E-state index in [0.717, 1.165) is 28.1 Å². The van der Waals surface area contributed by atoms with Crippen LogP contribution < -0.4 is 20.7 Å². The molecule has 328 valence electrons. The van der Waals surface area contributed by atoms with Crippen molar-refractivity contribution in [2.24, 2.45) is 0 Å². The van der Waals surface area contributed by atoms with Gasteiger partial charge in [0.05, 0.1) is 38.8 Å². The molecule has 14 aromatic rings. The van der Waals surface area contributed by atoms with Crippen molar-refractivity contribution >= 4 is 94.2 Å². The van der Waals surface area contributed by atoms with Crippen molar-refractivity contribution < 1.29 is 0 Å². The molecule has 11 aromatic carbocycles. The minimum atomic E-state index is -2.94. The zero-order valence-corrected chi connectivity index (χ0v) is 39.3. The molecule has 0 aliphatic rings. The summed E-state index contributed by atoms with van der Waals surface area (Å²) in [6, 6.07) is 101. The summed E-state index contributed by atoms with van der Waals surface area (Å²) in [7, 11) is -2.94. The summed E-state index contributed by atoms with van der Waals surface area (Å²) in [6.07, 6.45) is 0. The Bertz CT molecular complexity index is 4110. The van der Waals surface area contributed by atoms with Crippen LogP contribution in [0.25, 0.3) is 93.6 Å². The van der Waals surface area contributed by atoms with E-state index in [1.165, 1.54) is 86.3 Å². The first-order valence-electron chi connectivity index (χ1n) is 24.2. The molecule has 3 heterocycles. The summed E-state index contributed by atoms with van der Waals surface area (Å²) >= 11 is 0. The van der Waals surface area contributed by atoms with Crippen LogP contribution in [0.15, 0.2) is 273 Å². The van der Waals surface area contributed by atoms with Crippen LogP contribution in [0.3, 0.4) is 0 Å². The van der Waals surface area contributed by atoms with E-state index in [0.29, 0.717) is 0 Å². The molecular weight excluding hydrogens is 863 g/mol. The first kappa shape index (κ1) is 40.1. The molecule has 0 N–H and O–H groups in total. The maximum absolute atomic E-state index is 2.94. The Morgan fingerprint density at radius 3 is 1.30 bits per heavy atom. The number of nitrogens with zero attached hydrogens (tertiary/aromatic N) is 3. The van der Waals surface area contributed by atoms with E-state index in [-0.39, 0.29) is 0 Å². The van der Waals surface area contributed by atoms with E-state index in [9.17, 15) is 0 Å². The van der Waals surface area contributed by atoms with Crippen LogP contribution in [0.2, 0.25) is 0 Å².